The molecule has 1 atom stereocenters. The number of aryl methyl sites for hydroxylation is 2. The molecule has 5 heteroatoms. The molecule has 1 fully saturated rings. The van der Waals surface area contributed by atoms with Crippen LogP contribution in [0.15, 0.2) is 36.7 Å². The average molecular weight is 338 g/mol. The summed E-state index contributed by atoms with van der Waals surface area (Å²) in [6, 6.07) is 8.04. The lowest BCUT2D eigenvalue weighted by atomic mass is 10.1. The molecule has 1 aliphatic rings. The van der Waals surface area contributed by atoms with Crippen LogP contribution in [0.5, 0.6) is 0 Å². The fourth-order valence-corrected chi connectivity index (χ4v) is 3.25. The molecule has 1 saturated heterocycles. The topological polar surface area (TPSA) is 58.1 Å². The van der Waals surface area contributed by atoms with Crippen LogP contribution in [0.2, 0.25) is 0 Å². The second kappa shape index (κ2) is 8.21. The van der Waals surface area contributed by atoms with E-state index in [1.807, 2.05) is 25.3 Å². The van der Waals surface area contributed by atoms with Crippen molar-refractivity contribution in [3.8, 4) is 0 Å². The van der Waals surface area contributed by atoms with Crippen molar-refractivity contribution >= 4 is 5.91 Å². The number of pyridine rings is 2. The van der Waals surface area contributed by atoms with Gasteiger partial charge in [0.15, 0.2) is 0 Å². The number of nitrogens with zero attached hydrogens (tertiary/aromatic N) is 3. The summed E-state index contributed by atoms with van der Waals surface area (Å²) >= 11 is 0. The van der Waals surface area contributed by atoms with E-state index in [-0.39, 0.29) is 5.91 Å². The minimum Gasteiger partial charge on any atom is -0.350 e. The highest BCUT2D eigenvalue weighted by molar-refractivity contribution is 5.93. The summed E-state index contributed by atoms with van der Waals surface area (Å²) in [5.74, 6) is 0.413. The molecule has 1 aliphatic heterocycles. The van der Waals surface area contributed by atoms with Gasteiger partial charge in [-0.2, -0.15) is 0 Å². The molecule has 0 spiro atoms. The number of nitrogens with one attached hydrogen (secondary N) is 1. The van der Waals surface area contributed by atoms with Crippen molar-refractivity contribution in [2.75, 3.05) is 19.6 Å². The van der Waals surface area contributed by atoms with E-state index in [1.54, 1.807) is 6.20 Å². The molecule has 0 radical (unpaired) electrons. The third-order valence-corrected chi connectivity index (χ3v) is 4.83. The summed E-state index contributed by atoms with van der Waals surface area (Å²) in [5, 5.41) is 3.04. The van der Waals surface area contributed by atoms with Gasteiger partial charge in [0.25, 0.3) is 5.91 Å². The Hall–Kier alpha value is -2.27. The SMILES string of the molecule is CCc1ccc(CN2CC[C@@H](CNC(=O)c3ncccc3C)C2)nc1. The molecular weight excluding hydrogens is 312 g/mol. The highest BCUT2D eigenvalue weighted by atomic mass is 16.1. The van der Waals surface area contributed by atoms with Crippen molar-refractivity contribution in [2.45, 2.75) is 33.2 Å². The fourth-order valence-electron chi connectivity index (χ4n) is 3.25. The summed E-state index contributed by atoms with van der Waals surface area (Å²) in [4.78, 5) is 23.4. The Bertz CT molecular complexity index is 714. The number of rotatable bonds is 6. The van der Waals surface area contributed by atoms with Gasteiger partial charge in [0, 0.05) is 32.0 Å². The summed E-state index contributed by atoms with van der Waals surface area (Å²) < 4.78 is 0. The van der Waals surface area contributed by atoms with E-state index in [0.717, 1.165) is 43.7 Å². The molecule has 1 amide bonds. The first-order valence-electron chi connectivity index (χ1n) is 9.01. The predicted molar refractivity (Wildman–Crippen MR) is 98.3 cm³/mol. The lowest BCUT2D eigenvalue weighted by Crippen LogP contribution is -2.31. The largest absolute Gasteiger partial charge is 0.350 e. The van der Waals surface area contributed by atoms with E-state index >= 15 is 0 Å². The highest BCUT2D eigenvalue weighted by Gasteiger charge is 2.23. The first kappa shape index (κ1) is 17.5. The van der Waals surface area contributed by atoms with E-state index in [4.69, 9.17) is 0 Å². The maximum Gasteiger partial charge on any atom is 0.270 e. The summed E-state index contributed by atoms with van der Waals surface area (Å²) in [5.41, 5.74) is 3.83. The van der Waals surface area contributed by atoms with Crippen molar-refractivity contribution in [1.82, 2.24) is 20.2 Å². The molecule has 0 aliphatic carbocycles. The van der Waals surface area contributed by atoms with Crippen LogP contribution in [0.1, 0.15) is 40.7 Å². The molecule has 3 heterocycles. The smallest absolute Gasteiger partial charge is 0.270 e. The Balaban J connectivity index is 1.46. The molecule has 25 heavy (non-hydrogen) atoms. The van der Waals surface area contributed by atoms with Crippen LogP contribution in [0, 0.1) is 12.8 Å². The predicted octanol–water partition coefficient (Wildman–Crippen LogP) is 2.60. The molecule has 0 unspecified atom stereocenters. The monoisotopic (exact) mass is 338 g/mol. The van der Waals surface area contributed by atoms with Crippen LogP contribution in [-0.2, 0) is 13.0 Å². The maximum absolute atomic E-state index is 12.3. The number of hydrogen-bond donors (Lipinski definition) is 1. The third-order valence-electron chi connectivity index (χ3n) is 4.83. The standard InChI is InChI=1S/C20H26N4O/c1-3-16-6-7-18(22-11-16)14-24-10-8-17(13-24)12-23-20(25)19-15(2)5-4-9-21-19/h4-7,9,11,17H,3,8,10,12-14H2,1-2H3,(H,23,25)/t17-/m0/s1. The Labute approximate surface area is 149 Å². The molecule has 0 aromatic carbocycles. The van der Waals surface area contributed by atoms with Gasteiger partial charge in [-0.25, -0.2) is 0 Å². The zero-order valence-electron chi connectivity index (χ0n) is 15.0. The van der Waals surface area contributed by atoms with Gasteiger partial charge in [-0.15, -0.1) is 0 Å². The van der Waals surface area contributed by atoms with Crippen molar-refractivity contribution < 1.29 is 4.79 Å². The van der Waals surface area contributed by atoms with Gasteiger partial charge in [-0.05, 0) is 55.5 Å². The van der Waals surface area contributed by atoms with Gasteiger partial charge in [0.2, 0.25) is 0 Å². The normalized spacial score (nSPS) is 17.6. The van der Waals surface area contributed by atoms with Crippen LogP contribution in [0.3, 0.4) is 0 Å². The van der Waals surface area contributed by atoms with E-state index in [9.17, 15) is 4.79 Å². The fraction of sp³-hybridized carbons (Fsp3) is 0.450. The molecule has 1 N–H and O–H groups in total. The molecule has 5 nitrogen and oxygen atoms in total. The highest BCUT2D eigenvalue weighted by Crippen LogP contribution is 2.18. The van der Waals surface area contributed by atoms with Gasteiger partial charge < -0.3 is 5.32 Å². The van der Waals surface area contributed by atoms with Gasteiger partial charge in [0.05, 0.1) is 5.69 Å². The molecule has 2 aromatic heterocycles. The van der Waals surface area contributed by atoms with E-state index in [2.05, 4.69) is 39.2 Å². The number of hydrogen-bond acceptors (Lipinski definition) is 4. The molecule has 132 valence electrons. The van der Waals surface area contributed by atoms with Crippen molar-refractivity contribution in [3.63, 3.8) is 0 Å². The van der Waals surface area contributed by atoms with Crippen LogP contribution in [0.4, 0.5) is 0 Å². The van der Waals surface area contributed by atoms with Crippen LogP contribution >= 0.6 is 0 Å². The zero-order chi connectivity index (χ0) is 17.6. The molecular formula is C20H26N4O. The van der Waals surface area contributed by atoms with Crippen molar-refractivity contribution in [3.05, 3.63) is 59.2 Å². The minimum atomic E-state index is -0.0756. The Morgan fingerprint density at radius 2 is 2.20 bits per heavy atom. The summed E-state index contributed by atoms with van der Waals surface area (Å²) in [7, 11) is 0. The first-order valence-corrected chi connectivity index (χ1v) is 9.01. The number of carbonyl (C=O) groups is 1. The third kappa shape index (κ3) is 4.63. The number of amides is 1. The molecule has 2 aromatic rings. The number of aromatic nitrogens is 2. The number of carbonyl (C=O) groups excluding carboxylic acids is 1. The lowest BCUT2D eigenvalue weighted by Gasteiger charge is -2.16. The second-order valence-corrected chi connectivity index (χ2v) is 6.78. The van der Waals surface area contributed by atoms with Crippen molar-refractivity contribution in [2.24, 2.45) is 5.92 Å². The Kier molecular flexibility index (Phi) is 5.76. The van der Waals surface area contributed by atoms with Crippen LogP contribution in [-0.4, -0.2) is 40.4 Å². The van der Waals surface area contributed by atoms with Gasteiger partial charge in [0.1, 0.15) is 5.69 Å². The zero-order valence-corrected chi connectivity index (χ0v) is 15.0. The van der Waals surface area contributed by atoms with Crippen molar-refractivity contribution in [1.29, 1.82) is 0 Å². The van der Waals surface area contributed by atoms with E-state index < -0.39 is 0 Å². The average Bonchev–Trinajstić information content (AvgIpc) is 3.08. The molecule has 3 rings (SSSR count). The van der Waals surface area contributed by atoms with E-state index in [1.165, 1.54) is 5.56 Å². The summed E-state index contributed by atoms with van der Waals surface area (Å²) in [6.45, 7) is 7.69. The van der Waals surface area contributed by atoms with Crippen LogP contribution in [0.25, 0.3) is 0 Å². The van der Waals surface area contributed by atoms with E-state index in [0.29, 0.717) is 18.2 Å². The van der Waals surface area contributed by atoms with Crippen LogP contribution < -0.4 is 5.32 Å². The molecule has 0 saturated carbocycles. The lowest BCUT2D eigenvalue weighted by molar-refractivity contribution is 0.0941. The maximum atomic E-state index is 12.3. The Morgan fingerprint density at radius 3 is 2.92 bits per heavy atom. The number of likely N-dealkylation sites (tertiary alicyclic amines) is 1. The van der Waals surface area contributed by atoms with Gasteiger partial charge in [-0.1, -0.05) is 19.1 Å². The quantitative estimate of drug-likeness (QED) is 0.879. The van der Waals surface area contributed by atoms with Gasteiger partial charge >= 0.3 is 0 Å². The second-order valence-electron chi connectivity index (χ2n) is 6.78. The Morgan fingerprint density at radius 1 is 1.32 bits per heavy atom. The molecule has 0 bridgehead atoms. The summed E-state index contributed by atoms with van der Waals surface area (Å²) in [6.07, 6.45) is 5.76. The van der Waals surface area contributed by atoms with Gasteiger partial charge in [-0.3, -0.25) is 19.7 Å². The minimum absolute atomic E-state index is 0.0756. The first-order chi connectivity index (χ1) is 12.2.